The maximum atomic E-state index is 13.3. The Morgan fingerprint density at radius 1 is 1.06 bits per heavy atom. The number of amides is 1. The number of carbonyl (C=O) groups excluding carboxylic acids is 1. The van der Waals surface area contributed by atoms with Gasteiger partial charge in [0, 0.05) is 72.7 Å². The lowest BCUT2D eigenvalue weighted by atomic mass is 9.91. The zero-order chi connectivity index (χ0) is 24.2. The van der Waals surface area contributed by atoms with Crippen LogP contribution in [0.3, 0.4) is 0 Å². The molecule has 0 spiro atoms. The Hall–Kier alpha value is -4.07. The van der Waals surface area contributed by atoms with Crippen LogP contribution in [-0.4, -0.2) is 55.9 Å². The number of hydrogen-bond acceptors (Lipinski definition) is 6. The number of methoxy groups -OCH3 is 1. The number of nitrogens with one attached hydrogen (secondary N) is 1. The summed E-state index contributed by atoms with van der Waals surface area (Å²) in [7, 11) is 1.66. The predicted molar refractivity (Wildman–Crippen MR) is 132 cm³/mol. The van der Waals surface area contributed by atoms with Crippen LogP contribution >= 0.6 is 0 Å². The number of aryl methyl sites for hydroxylation is 1. The lowest BCUT2D eigenvalue weighted by Crippen LogP contribution is -2.38. The number of rotatable bonds is 6. The predicted octanol–water partition coefficient (Wildman–Crippen LogP) is 4.19. The van der Waals surface area contributed by atoms with Crippen molar-refractivity contribution in [1.82, 2.24) is 29.8 Å². The standard InChI is InChI=1S/C27H28N6O2/c1-18-17-31-26(32-18)25-24(29-11-12-30-25)19-8-13-33(14-9-19)27(34)21-7-10-28-22(16-21)15-20-5-3-4-6-23(20)35-2/h3-7,10-12,16-17,19H,8-9,13-15H2,1-2H3,(H,31,32). The van der Waals surface area contributed by atoms with Crippen molar-refractivity contribution in [2.75, 3.05) is 20.2 Å². The molecule has 0 saturated carbocycles. The van der Waals surface area contributed by atoms with Crippen LogP contribution in [0.1, 0.15) is 51.8 Å². The number of likely N-dealkylation sites (tertiary alicyclic amines) is 1. The average Bonchev–Trinajstić information content (AvgIpc) is 3.35. The van der Waals surface area contributed by atoms with Gasteiger partial charge >= 0.3 is 0 Å². The van der Waals surface area contributed by atoms with Gasteiger partial charge in [-0.2, -0.15) is 0 Å². The summed E-state index contributed by atoms with van der Waals surface area (Å²) in [5.74, 6) is 1.82. The molecule has 0 bridgehead atoms. The molecule has 35 heavy (non-hydrogen) atoms. The first kappa shape index (κ1) is 22.7. The Kier molecular flexibility index (Phi) is 6.52. The van der Waals surface area contributed by atoms with E-state index < -0.39 is 0 Å². The fraction of sp³-hybridized carbons (Fsp3) is 0.296. The van der Waals surface area contributed by atoms with Crippen LogP contribution in [0.25, 0.3) is 11.5 Å². The molecule has 5 rings (SSSR count). The van der Waals surface area contributed by atoms with Crippen LogP contribution in [0.5, 0.6) is 5.75 Å². The molecular weight excluding hydrogens is 440 g/mol. The molecule has 4 aromatic rings. The number of aromatic nitrogens is 5. The molecule has 1 amide bonds. The number of pyridine rings is 1. The third kappa shape index (κ3) is 4.91. The molecule has 8 nitrogen and oxygen atoms in total. The Labute approximate surface area is 204 Å². The van der Waals surface area contributed by atoms with Gasteiger partial charge in [0.2, 0.25) is 0 Å². The number of piperidine rings is 1. The van der Waals surface area contributed by atoms with Gasteiger partial charge in [0.15, 0.2) is 5.82 Å². The summed E-state index contributed by atoms with van der Waals surface area (Å²) < 4.78 is 5.46. The molecule has 178 valence electrons. The van der Waals surface area contributed by atoms with E-state index in [0.29, 0.717) is 25.1 Å². The van der Waals surface area contributed by atoms with Gasteiger partial charge in [0.05, 0.1) is 12.8 Å². The van der Waals surface area contributed by atoms with E-state index in [9.17, 15) is 4.79 Å². The van der Waals surface area contributed by atoms with E-state index in [0.717, 1.165) is 52.8 Å². The maximum Gasteiger partial charge on any atom is 0.253 e. The molecule has 0 radical (unpaired) electrons. The van der Waals surface area contributed by atoms with Crippen LogP contribution in [0, 0.1) is 6.92 Å². The van der Waals surface area contributed by atoms with Crippen LogP contribution < -0.4 is 4.74 Å². The van der Waals surface area contributed by atoms with Crippen LogP contribution in [0.15, 0.2) is 61.2 Å². The van der Waals surface area contributed by atoms with Crippen LogP contribution in [0.4, 0.5) is 0 Å². The molecule has 0 atom stereocenters. The molecular formula is C27H28N6O2. The summed E-state index contributed by atoms with van der Waals surface area (Å²) in [5.41, 5.74) is 5.26. The highest BCUT2D eigenvalue weighted by Crippen LogP contribution is 2.32. The molecule has 3 aromatic heterocycles. The summed E-state index contributed by atoms with van der Waals surface area (Å²) in [6, 6.07) is 11.6. The van der Waals surface area contributed by atoms with Gasteiger partial charge in [-0.3, -0.25) is 14.8 Å². The molecule has 1 aliphatic rings. The van der Waals surface area contributed by atoms with E-state index in [1.807, 2.05) is 42.2 Å². The van der Waals surface area contributed by atoms with E-state index in [4.69, 9.17) is 4.74 Å². The first-order valence-corrected chi connectivity index (χ1v) is 11.8. The second-order valence-corrected chi connectivity index (χ2v) is 8.80. The third-order valence-corrected chi connectivity index (χ3v) is 6.45. The first-order chi connectivity index (χ1) is 17.1. The SMILES string of the molecule is COc1ccccc1Cc1cc(C(=O)N2CCC(c3nccnc3-c3ncc(C)[nH]3)CC2)ccn1. The number of H-pyrrole nitrogens is 1. The lowest BCUT2D eigenvalue weighted by molar-refractivity contribution is 0.0712. The van der Waals surface area contributed by atoms with E-state index in [1.54, 1.807) is 38.0 Å². The molecule has 1 aromatic carbocycles. The van der Waals surface area contributed by atoms with Gasteiger partial charge in [-0.25, -0.2) is 9.97 Å². The molecule has 0 aliphatic carbocycles. The second kappa shape index (κ2) is 10.0. The van der Waals surface area contributed by atoms with E-state index in [-0.39, 0.29) is 11.8 Å². The second-order valence-electron chi connectivity index (χ2n) is 8.80. The first-order valence-electron chi connectivity index (χ1n) is 11.8. The van der Waals surface area contributed by atoms with E-state index in [1.165, 1.54) is 0 Å². The Bertz CT molecular complexity index is 1330. The van der Waals surface area contributed by atoms with Crippen molar-refractivity contribution in [2.24, 2.45) is 0 Å². The topological polar surface area (TPSA) is 96.9 Å². The summed E-state index contributed by atoms with van der Waals surface area (Å²) in [4.78, 5) is 36.6. The number of nitrogens with zero attached hydrogens (tertiary/aromatic N) is 5. The van der Waals surface area contributed by atoms with E-state index in [2.05, 4.69) is 24.9 Å². The van der Waals surface area contributed by atoms with Crippen molar-refractivity contribution in [3.8, 4) is 17.3 Å². The molecule has 1 aliphatic heterocycles. The van der Waals surface area contributed by atoms with Crippen molar-refractivity contribution in [3.63, 3.8) is 0 Å². The number of carbonyl (C=O) groups is 1. The number of benzene rings is 1. The molecule has 8 heteroatoms. The molecule has 4 heterocycles. The molecule has 1 N–H and O–H groups in total. The molecule has 0 unspecified atom stereocenters. The van der Waals surface area contributed by atoms with E-state index >= 15 is 0 Å². The van der Waals surface area contributed by atoms with Crippen molar-refractivity contribution >= 4 is 5.91 Å². The number of ether oxygens (including phenoxy) is 1. The number of imidazole rings is 1. The minimum atomic E-state index is 0.0353. The fourth-order valence-corrected chi connectivity index (χ4v) is 4.65. The Balaban J connectivity index is 1.27. The summed E-state index contributed by atoms with van der Waals surface area (Å²) in [6.45, 7) is 3.30. The van der Waals surface area contributed by atoms with Crippen LogP contribution in [0.2, 0.25) is 0 Å². The average molecular weight is 469 g/mol. The monoisotopic (exact) mass is 468 g/mol. The zero-order valence-electron chi connectivity index (χ0n) is 19.9. The lowest BCUT2D eigenvalue weighted by Gasteiger charge is -2.32. The number of hydrogen-bond donors (Lipinski definition) is 1. The minimum absolute atomic E-state index is 0.0353. The highest BCUT2D eigenvalue weighted by molar-refractivity contribution is 5.94. The van der Waals surface area contributed by atoms with Crippen LogP contribution in [-0.2, 0) is 6.42 Å². The highest BCUT2D eigenvalue weighted by atomic mass is 16.5. The van der Waals surface area contributed by atoms with Gasteiger partial charge in [-0.05, 0) is 38.0 Å². The summed E-state index contributed by atoms with van der Waals surface area (Å²) in [6.07, 6.45) is 9.20. The maximum absolute atomic E-state index is 13.3. The van der Waals surface area contributed by atoms with Crippen molar-refractivity contribution in [3.05, 3.63) is 89.4 Å². The smallest absolute Gasteiger partial charge is 0.253 e. The van der Waals surface area contributed by atoms with Gasteiger partial charge in [0.1, 0.15) is 11.4 Å². The minimum Gasteiger partial charge on any atom is -0.496 e. The number of aromatic amines is 1. The fourth-order valence-electron chi connectivity index (χ4n) is 4.65. The van der Waals surface area contributed by atoms with Crippen molar-refractivity contribution < 1.29 is 9.53 Å². The Morgan fingerprint density at radius 3 is 2.63 bits per heavy atom. The van der Waals surface area contributed by atoms with Crippen molar-refractivity contribution in [1.29, 1.82) is 0 Å². The van der Waals surface area contributed by atoms with Gasteiger partial charge in [-0.1, -0.05) is 18.2 Å². The molecule has 1 saturated heterocycles. The Morgan fingerprint density at radius 2 is 1.86 bits per heavy atom. The largest absolute Gasteiger partial charge is 0.496 e. The summed E-state index contributed by atoms with van der Waals surface area (Å²) in [5, 5.41) is 0. The van der Waals surface area contributed by atoms with Gasteiger partial charge in [-0.15, -0.1) is 0 Å². The van der Waals surface area contributed by atoms with Gasteiger partial charge < -0.3 is 14.6 Å². The third-order valence-electron chi connectivity index (χ3n) is 6.45. The zero-order valence-corrected chi connectivity index (χ0v) is 19.9. The molecule has 1 fully saturated rings. The summed E-state index contributed by atoms with van der Waals surface area (Å²) >= 11 is 0. The quantitative estimate of drug-likeness (QED) is 0.456. The van der Waals surface area contributed by atoms with Gasteiger partial charge in [0.25, 0.3) is 5.91 Å². The normalized spacial score (nSPS) is 14.2. The number of para-hydroxylation sites is 1. The highest BCUT2D eigenvalue weighted by Gasteiger charge is 2.28. The van der Waals surface area contributed by atoms with Crippen molar-refractivity contribution in [2.45, 2.75) is 32.1 Å².